The number of aromatic nitrogens is 2. The molecule has 0 aliphatic carbocycles. The van der Waals surface area contributed by atoms with Crippen LogP contribution in [0.15, 0.2) is 30.3 Å². The molecule has 1 aromatic heterocycles. The van der Waals surface area contributed by atoms with E-state index in [1.54, 1.807) is 13.2 Å². The van der Waals surface area contributed by atoms with E-state index in [9.17, 15) is 4.79 Å². The van der Waals surface area contributed by atoms with Crippen molar-refractivity contribution in [3.05, 3.63) is 47.3 Å². The van der Waals surface area contributed by atoms with Crippen LogP contribution in [0.3, 0.4) is 0 Å². The minimum absolute atomic E-state index is 0.0475. The standard InChI is InChI=1S/C18H22N4O2/c1-11(2)14-10-15(21-18(19)20-14)17(23)22-8-7-16(22)12-5-4-6-13(9-12)24-3/h4-6,9-11,16H,7-8H2,1-3H3,(H2,19,20,21). The Bertz CT molecular complexity index is 760. The number of likely N-dealkylation sites (tertiary alicyclic amines) is 1. The number of anilines is 1. The molecule has 1 aliphatic rings. The number of nitrogens with two attached hydrogens (primary N) is 1. The zero-order valence-corrected chi connectivity index (χ0v) is 14.2. The second-order valence-corrected chi connectivity index (χ2v) is 6.27. The maximum Gasteiger partial charge on any atom is 0.273 e. The number of carbonyl (C=O) groups excluding carboxylic acids is 1. The fraction of sp³-hybridized carbons (Fsp3) is 0.389. The minimum Gasteiger partial charge on any atom is -0.497 e. The van der Waals surface area contributed by atoms with Gasteiger partial charge in [-0.05, 0) is 36.1 Å². The van der Waals surface area contributed by atoms with Gasteiger partial charge in [0, 0.05) is 12.2 Å². The van der Waals surface area contributed by atoms with Crippen LogP contribution in [0.4, 0.5) is 5.95 Å². The van der Waals surface area contributed by atoms with Crippen LogP contribution in [0.1, 0.15) is 54.0 Å². The van der Waals surface area contributed by atoms with Crippen molar-refractivity contribution in [2.75, 3.05) is 19.4 Å². The van der Waals surface area contributed by atoms with E-state index in [0.717, 1.165) is 23.4 Å². The molecule has 2 aromatic rings. The number of hydrogen-bond acceptors (Lipinski definition) is 5. The van der Waals surface area contributed by atoms with Crippen molar-refractivity contribution in [2.24, 2.45) is 0 Å². The molecule has 1 aliphatic heterocycles. The summed E-state index contributed by atoms with van der Waals surface area (Å²) >= 11 is 0. The van der Waals surface area contributed by atoms with Gasteiger partial charge in [-0.25, -0.2) is 9.97 Å². The lowest BCUT2D eigenvalue weighted by Crippen LogP contribution is -2.45. The monoisotopic (exact) mass is 326 g/mol. The molecule has 1 amide bonds. The molecule has 24 heavy (non-hydrogen) atoms. The number of rotatable bonds is 4. The fourth-order valence-electron chi connectivity index (χ4n) is 2.86. The Kier molecular flexibility index (Phi) is 4.38. The van der Waals surface area contributed by atoms with Gasteiger partial charge in [0.05, 0.1) is 13.2 Å². The molecule has 0 bridgehead atoms. The van der Waals surface area contributed by atoms with Crippen LogP contribution in [0, 0.1) is 0 Å². The summed E-state index contributed by atoms with van der Waals surface area (Å²) in [5.41, 5.74) is 7.98. The molecule has 0 saturated carbocycles. The fourth-order valence-corrected chi connectivity index (χ4v) is 2.86. The summed E-state index contributed by atoms with van der Waals surface area (Å²) < 4.78 is 5.27. The molecule has 1 aromatic carbocycles. The van der Waals surface area contributed by atoms with Gasteiger partial charge in [-0.15, -0.1) is 0 Å². The minimum atomic E-state index is -0.106. The number of nitrogen functional groups attached to an aromatic ring is 1. The summed E-state index contributed by atoms with van der Waals surface area (Å²) in [6, 6.07) is 9.61. The van der Waals surface area contributed by atoms with Crippen LogP contribution in [0.25, 0.3) is 0 Å². The van der Waals surface area contributed by atoms with E-state index in [4.69, 9.17) is 10.5 Å². The molecule has 0 spiro atoms. The van der Waals surface area contributed by atoms with Gasteiger partial charge in [0.25, 0.3) is 5.91 Å². The van der Waals surface area contributed by atoms with Crippen molar-refractivity contribution >= 4 is 11.9 Å². The number of methoxy groups -OCH3 is 1. The Morgan fingerprint density at radius 1 is 1.33 bits per heavy atom. The first kappa shape index (κ1) is 16.2. The lowest BCUT2D eigenvalue weighted by molar-refractivity contribution is 0.0453. The molecule has 2 heterocycles. The maximum absolute atomic E-state index is 12.8. The van der Waals surface area contributed by atoms with Crippen LogP contribution < -0.4 is 10.5 Å². The van der Waals surface area contributed by atoms with Gasteiger partial charge in [0.2, 0.25) is 5.95 Å². The number of nitrogens with zero attached hydrogens (tertiary/aromatic N) is 3. The van der Waals surface area contributed by atoms with Gasteiger partial charge >= 0.3 is 0 Å². The van der Waals surface area contributed by atoms with Gasteiger partial charge in [-0.3, -0.25) is 4.79 Å². The number of carbonyl (C=O) groups is 1. The quantitative estimate of drug-likeness (QED) is 0.934. The van der Waals surface area contributed by atoms with E-state index < -0.39 is 0 Å². The normalized spacial score (nSPS) is 16.8. The van der Waals surface area contributed by atoms with Gasteiger partial charge < -0.3 is 15.4 Å². The third-order valence-electron chi connectivity index (χ3n) is 4.33. The van der Waals surface area contributed by atoms with E-state index in [1.165, 1.54) is 0 Å². The lowest BCUT2D eigenvalue weighted by atomic mass is 9.94. The smallest absolute Gasteiger partial charge is 0.273 e. The average Bonchev–Trinajstić information content (AvgIpc) is 2.53. The first-order valence-electron chi connectivity index (χ1n) is 8.09. The van der Waals surface area contributed by atoms with Crippen molar-refractivity contribution in [3.63, 3.8) is 0 Å². The Labute approximate surface area is 141 Å². The second kappa shape index (κ2) is 6.47. The average molecular weight is 326 g/mol. The van der Waals surface area contributed by atoms with Gasteiger partial charge in [-0.1, -0.05) is 26.0 Å². The summed E-state index contributed by atoms with van der Waals surface area (Å²) in [6.45, 7) is 4.74. The summed E-state index contributed by atoms with van der Waals surface area (Å²) in [5, 5.41) is 0. The Hall–Kier alpha value is -2.63. The first-order chi connectivity index (χ1) is 11.5. The van der Waals surface area contributed by atoms with E-state index in [0.29, 0.717) is 12.2 Å². The highest BCUT2D eigenvalue weighted by molar-refractivity contribution is 5.93. The zero-order valence-electron chi connectivity index (χ0n) is 14.2. The highest BCUT2D eigenvalue weighted by atomic mass is 16.5. The summed E-state index contributed by atoms with van der Waals surface area (Å²) in [4.78, 5) is 23.0. The molecule has 2 N–H and O–H groups in total. The van der Waals surface area contributed by atoms with Crippen LogP contribution >= 0.6 is 0 Å². The topological polar surface area (TPSA) is 81.3 Å². The molecular weight excluding hydrogens is 304 g/mol. The van der Waals surface area contributed by atoms with Crippen molar-refractivity contribution in [2.45, 2.75) is 32.2 Å². The van der Waals surface area contributed by atoms with Crippen molar-refractivity contribution in [3.8, 4) is 5.75 Å². The molecule has 6 nitrogen and oxygen atoms in total. The molecular formula is C18H22N4O2. The Morgan fingerprint density at radius 2 is 2.12 bits per heavy atom. The summed E-state index contributed by atoms with van der Waals surface area (Å²) in [5.74, 6) is 1.01. The molecule has 1 unspecified atom stereocenters. The molecule has 126 valence electrons. The Morgan fingerprint density at radius 3 is 2.75 bits per heavy atom. The van der Waals surface area contributed by atoms with Crippen LogP contribution in [-0.4, -0.2) is 34.4 Å². The zero-order chi connectivity index (χ0) is 17.3. The van der Waals surface area contributed by atoms with Gasteiger partial charge in [0.1, 0.15) is 11.4 Å². The van der Waals surface area contributed by atoms with Gasteiger partial charge in [0.15, 0.2) is 0 Å². The third kappa shape index (κ3) is 3.04. The largest absolute Gasteiger partial charge is 0.497 e. The number of ether oxygens (including phenoxy) is 1. The van der Waals surface area contributed by atoms with Crippen molar-refractivity contribution < 1.29 is 9.53 Å². The highest BCUT2D eigenvalue weighted by Gasteiger charge is 2.35. The highest BCUT2D eigenvalue weighted by Crippen LogP contribution is 2.35. The molecule has 1 fully saturated rings. The van der Waals surface area contributed by atoms with Crippen LogP contribution in [0.5, 0.6) is 5.75 Å². The Balaban J connectivity index is 1.85. The van der Waals surface area contributed by atoms with E-state index in [1.807, 2.05) is 43.0 Å². The molecule has 0 radical (unpaired) electrons. The maximum atomic E-state index is 12.8. The van der Waals surface area contributed by atoms with Crippen LogP contribution in [0.2, 0.25) is 0 Å². The second-order valence-electron chi connectivity index (χ2n) is 6.27. The third-order valence-corrected chi connectivity index (χ3v) is 4.33. The number of hydrogen-bond donors (Lipinski definition) is 1. The van der Waals surface area contributed by atoms with E-state index in [2.05, 4.69) is 9.97 Å². The van der Waals surface area contributed by atoms with E-state index in [-0.39, 0.29) is 23.8 Å². The molecule has 1 saturated heterocycles. The molecule has 1 atom stereocenters. The van der Waals surface area contributed by atoms with Crippen molar-refractivity contribution in [1.82, 2.24) is 14.9 Å². The SMILES string of the molecule is COc1cccc(C2CCN2C(=O)c2cc(C(C)C)nc(N)n2)c1. The van der Waals surface area contributed by atoms with E-state index >= 15 is 0 Å². The number of amides is 1. The first-order valence-corrected chi connectivity index (χ1v) is 8.09. The number of benzene rings is 1. The van der Waals surface area contributed by atoms with Crippen LogP contribution in [-0.2, 0) is 0 Å². The van der Waals surface area contributed by atoms with Crippen molar-refractivity contribution in [1.29, 1.82) is 0 Å². The molecule has 6 heteroatoms. The predicted octanol–water partition coefficient (Wildman–Crippen LogP) is 2.78. The summed E-state index contributed by atoms with van der Waals surface area (Å²) in [6.07, 6.45) is 0.927. The van der Waals surface area contributed by atoms with Gasteiger partial charge in [-0.2, -0.15) is 0 Å². The summed E-state index contributed by atoms with van der Waals surface area (Å²) in [7, 11) is 1.64. The molecule has 3 rings (SSSR count). The predicted molar refractivity (Wildman–Crippen MR) is 91.9 cm³/mol. The lowest BCUT2D eigenvalue weighted by Gasteiger charge is -2.41.